The highest BCUT2D eigenvalue weighted by Crippen LogP contribution is 2.21. The van der Waals surface area contributed by atoms with Crippen LogP contribution in [0, 0.1) is 0 Å². The van der Waals surface area contributed by atoms with E-state index in [-0.39, 0.29) is 12.0 Å². The summed E-state index contributed by atoms with van der Waals surface area (Å²) in [6, 6.07) is 0.448. The Morgan fingerprint density at radius 1 is 1.43 bits per heavy atom. The molecule has 4 nitrogen and oxygen atoms in total. The zero-order valence-corrected chi connectivity index (χ0v) is 8.66. The van der Waals surface area contributed by atoms with Crippen molar-refractivity contribution < 1.29 is 9.53 Å². The number of ether oxygens (including phenoxy) is 1. The molecule has 0 spiro atoms. The van der Waals surface area contributed by atoms with Gasteiger partial charge in [0.2, 0.25) is 5.91 Å². The Labute approximate surface area is 84.6 Å². The first-order valence-corrected chi connectivity index (χ1v) is 5.34. The molecule has 0 aromatic rings. The van der Waals surface area contributed by atoms with Gasteiger partial charge in [-0.2, -0.15) is 0 Å². The van der Waals surface area contributed by atoms with Crippen LogP contribution in [0.3, 0.4) is 0 Å². The second kappa shape index (κ2) is 4.28. The van der Waals surface area contributed by atoms with E-state index in [0.717, 1.165) is 32.5 Å². The molecule has 0 aliphatic carbocycles. The number of carbonyl (C=O) groups excluding carboxylic acids is 1. The van der Waals surface area contributed by atoms with Crippen LogP contribution in [0.25, 0.3) is 0 Å². The molecule has 0 aromatic heterocycles. The topological polar surface area (TPSA) is 41.6 Å². The lowest BCUT2D eigenvalue weighted by molar-refractivity contribution is -0.130. The number of amides is 1. The highest BCUT2D eigenvalue weighted by atomic mass is 16.5. The summed E-state index contributed by atoms with van der Waals surface area (Å²) in [5, 5.41) is 3.31. The van der Waals surface area contributed by atoms with Crippen molar-refractivity contribution in [2.45, 2.75) is 31.4 Å². The fourth-order valence-electron chi connectivity index (χ4n) is 2.33. The van der Waals surface area contributed by atoms with Crippen LogP contribution in [0.4, 0.5) is 0 Å². The van der Waals surface area contributed by atoms with Crippen molar-refractivity contribution in [3.05, 3.63) is 0 Å². The fraction of sp³-hybridized carbons (Fsp3) is 0.900. The Morgan fingerprint density at radius 3 is 2.71 bits per heavy atom. The van der Waals surface area contributed by atoms with Crippen LogP contribution in [0.1, 0.15) is 19.3 Å². The van der Waals surface area contributed by atoms with Crippen molar-refractivity contribution in [1.82, 2.24) is 10.2 Å². The molecule has 1 unspecified atom stereocenters. The zero-order chi connectivity index (χ0) is 9.97. The maximum atomic E-state index is 11.7. The third-order valence-corrected chi connectivity index (χ3v) is 3.21. The number of rotatable bonds is 2. The van der Waals surface area contributed by atoms with Crippen LogP contribution in [0.15, 0.2) is 0 Å². The molecule has 2 heterocycles. The number of piperidine rings is 1. The third kappa shape index (κ3) is 1.91. The lowest BCUT2D eigenvalue weighted by atomic mass is 10.1. The van der Waals surface area contributed by atoms with Gasteiger partial charge in [-0.1, -0.05) is 0 Å². The van der Waals surface area contributed by atoms with Gasteiger partial charge in [0, 0.05) is 19.7 Å². The number of nitrogens with one attached hydrogen (secondary N) is 1. The highest BCUT2D eigenvalue weighted by Gasteiger charge is 2.34. The summed E-state index contributed by atoms with van der Waals surface area (Å²) < 4.78 is 5.22. The van der Waals surface area contributed by atoms with Crippen molar-refractivity contribution in [1.29, 1.82) is 0 Å². The van der Waals surface area contributed by atoms with Gasteiger partial charge in [0.05, 0.1) is 12.5 Å². The van der Waals surface area contributed by atoms with E-state index in [1.165, 1.54) is 0 Å². The first kappa shape index (κ1) is 9.93. The molecule has 80 valence electrons. The number of likely N-dealkylation sites (tertiary alicyclic amines) is 1. The Balaban J connectivity index is 1.93. The van der Waals surface area contributed by atoms with Crippen LogP contribution in [-0.4, -0.2) is 49.7 Å². The van der Waals surface area contributed by atoms with Crippen molar-refractivity contribution >= 4 is 5.91 Å². The Bertz CT molecular complexity index is 214. The Hall–Kier alpha value is -0.610. The molecule has 0 saturated carbocycles. The van der Waals surface area contributed by atoms with Gasteiger partial charge in [0.15, 0.2) is 0 Å². The summed E-state index contributed by atoms with van der Waals surface area (Å²) in [6.07, 6.45) is 2.86. The minimum absolute atomic E-state index is 0.123. The van der Waals surface area contributed by atoms with Crippen LogP contribution in [-0.2, 0) is 9.53 Å². The predicted molar refractivity (Wildman–Crippen MR) is 53.0 cm³/mol. The first-order valence-electron chi connectivity index (χ1n) is 5.34. The zero-order valence-electron chi connectivity index (χ0n) is 8.66. The number of carbonyl (C=O) groups is 1. The van der Waals surface area contributed by atoms with Crippen LogP contribution >= 0.6 is 0 Å². The monoisotopic (exact) mass is 198 g/mol. The summed E-state index contributed by atoms with van der Waals surface area (Å²) in [4.78, 5) is 13.7. The Kier molecular flexibility index (Phi) is 3.03. The molecule has 0 bridgehead atoms. The largest absolute Gasteiger partial charge is 0.379 e. The normalized spacial score (nSPS) is 29.9. The lowest BCUT2D eigenvalue weighted by Crippen LogP contribution is -2.44. The first-order chi connectivity index (χ1) is 6.81. The maximum absolute atomic E-state index is 11.7. The molecule has 2 rings (SSSR count). The summed E-state index contributed by atoms with van der Waals surface area (Å²) in [7, 11) is 1.68. The van der Waals surface area contributed by atoms with Gasteiger partial charge in [-0.25, -0.2) is 0 Å². The van der Waals surface area contributed by atoms with E-state index in [1.54, 1.807) is 7.11 Å². The second-order valence-corrected chi connectivity index (χ2v) is 4.09. The Morgan fingerprint density at radius 2 is 2.14 bits per heavy atom. The summed E-state index contributed by atoms with van der Waals surface area (Å²) >= 11 is 0. The molecule has 4 heteroatoms. The third-order valence-electron chi connectivity index (χ3n) is 3.21. The quantitative estimate of drug-likeness (QED) is 0.678. The molecular weight excluding hydrogens is 180 g/mol. The number of hydrogen-bond donors (Lipinski definition) is 1. The standard InChI is InChI=1S/C10H18N2O2/c1-14-9-6-10(13)12(7-9)8-2-4-11-5-3-8/h8-9,11H,2-7H2,1H3. The molecule has 2 aliphatic heterocycles. The van der Waals surface area contributed by atoms with Crippen molar-refractivity contribution in [2.24, 2.45) is 0 Å². The minimum Gasteiger partial charge on any atom is -0.379 e. The van der Waals surface area contributed by atoms with E-state index in [9.17, 15) is 4.79 Å². The maximum Gasteiger partial charge on any atom is 0.225 e. The van der Waals surface area contributed by atoms with E-state index in [4.69, 9.17) is 4.74 Å². The summed E-state index contributed by atoms with van der Waals surface area (Å²) in [5.74, 6) is 0.267. The smallest absolute Gasteiger partial charge is 0.225 e. The average Bonchev–Trinajstić information content (AvgIpc) is 2.61. The van der Waals surface area contributed by atoms with Gasteiger partial charge >= 0.3 is 0 Å². The molecule has 2 fully saturated rings. The summed E-state index contributed by atoms with van der Waals surface area (Å²) in [6.45, 7) is 2.86. The van der Waals surface area contributed by atoms with E-state index < -0.39 is 0 Å². The second-order valence-electron chi connectivity index (χ2n) is 4.09. The predicted octanol–water partition coefficient (Wildman–Crippen LogP) is -0.0143. The van der Waals surface area contributed by atoms with Gasteiger partial charge in [-0.05, 0) is 25.9 Å². The van der Waals surface area contributed by atoms with E-state index >= 15 is 0 Å². The number of hydrogen-bond acceptors (Lipinski definition) is 3. The fourth-order valence-corrected chi connectivity index (χ4v) is 2.33. The van der Waals surface area contributed by atoms with Crippen LogP contribution < -0.4 is 5.32 Å². The molecular formula is C10H18N2O2. The molecule has 1 N–H and O–H groups in total. The lowest BCUT2D eigenvalue weighted by Gasteiger charge is -2.31. The molecule has 2 saturated heterocycles. The molecule has 14 heavy (non-hydrogen) atoms. The minimum atomic E-state index is 0.123. The molecule has 2 aliphatic rings. The van der Waals surface area contributed by atoms with E-state index in [1.807, 2.05) is 4.90 Å². The van der Waals surface area contributed by atoms with Gasteiger partial charge in [0.25, 0.3) is 0 Å². The van der Waals surface area contributed by atoms with Crippen molar-refractivity contribution in [2.75, 3.05) is 26.7 Å². The molecule has 1 atom stereocenters. The van der Waals surface area contributed by atoms with Gasteiger partial charge in [0.1, 0.15) is 0 Å². The van der Waals surface area contributed by atoms with Crippen molar-refractivity contribution in [3.63, 3.8) is 0 Å². The number of methoxy groups -OCH3 is 1. The highest BCUT2D eigenvalue weighted by molar-refractivity contribution is 5.79. The van der Waals surface area contributed by atoms with E-state index in [0.29, 0.717) is 12.5 Å². The van der Waals surface area contributed by atoms with Gasteiger partial charge in [-0.15, -0.1) is 0 Å². The SMILES string of the molecule is COC1CC(=O)N(C2CCNCC2)C1. The van der Waals surface area contributed by atoms with Crippen LogP contribution in [0.5, 0.6) is 0 Å². The average molecular weight is 198 g/mol. The number of nitrogens with zero attached hydrogens (tertiary/aromatic N) is 1. The van der Waals surface area contributed by atoms with Gasteiger partial charge < -0.3 is 15.0 Å². The summed E-state index contributed by atoms with van der Waals surface area (Å²) in [5.41, 5.74) is 0. The van der Waals surface area contributed by atoms with Gasteiger partial charge in [-0.3, -0.25) is 4.79 Å². The molecule has 1 amide bonds. The van der Waals surface area contributed by atoms with E-state index in [2.05, 4.69) is 5.32 Å². The molecule has 0 radical (unpaired) electrons. The van der Waals surface area contributed by atoms with Crippen molar-refractivity contribution in [3.8, 4) is 0 Å². The van der Waals surface area contributed by atoms with Crippen LogP contribution in [0.2, 0.25) is 0 Å². The molecule has 0 aromatic carbocycles.